The summed E-state index contributed by atoms with van der Waals surface area (Å²) in [6.45, 7) is 6.78. The maximum Gasteiger partial charge on any atom is 0.155 e. The number of aromatic nitrogens is 6. The van der Waals surface area contributed by atoms with Crippen molar-refractivity contribution in [1.29, 1.82) is 0 Å². The van der Waals surface area contributed by atoms with Gasteiger partial charge in [-0.25, -0.2) is 9.37 Å². The molecule has 2 aliphatic heterocycles. The lowest BCUT2D eigenvalue weighted by atomic mass is 10.0. The Morgan fingerprint density at radius 1 is 0.739 bits per heavy atom. The number of pyridine rings is 3. The SMILES string of the molecule is Fc1cc(OCCN2CCCC2)cc(-c2cncc3[nH]c(-c4n[nH]c5ncc(-c6cncc(CN7CCCCC7)c6)cc45)cc23)c1. The van der Waals surface area contributed by atoms with Crippen molar-refractivity contribution in [3.05, 3.63) is 78.8 Å². The van der Waals surface area contributed by atoms with E-state index in [9.17, 15) is 4.39 Å². The highest BCUT2D eigenvalue weighted by molar-refractivity contribution is 6.00. The zero-order chi connectivity index (χ0) is 30.9. The molecule has 10 heteroatoms. The van der Waals surface area contributed by atoms with Crippen LogP contribution in [0.15, 0.2) is 67.4 Å². The maximum absolute atomic E-state index is 14.8. The van der Waals surface area contributed by atoms with Crippen molar-refractivity contribution in [1.82, 2.24) is 39.9 Å². The van der Waals surface area contributed by atoms with Crippen LogP contribution in [0.2, 0.25) is 0 Å². The first kappa shape index (κ1) is 28.8. The predicted molar refractivity (Wildman–Crippen MR) is 178 cm³/mol. The number of hydrogen-bond acceptors (Lipinski definition) is 7. The van der Waals surface area contributed by atoms with E-state index in [2.05, 4.69) is 47.1 Å². The normalized spacial score (nSPS) is 16.1. The van der Waals surface area contributed by atoms with Crippen LogP contribution >= 0.6 is 0 Å². The van der Waals surface area contributed by atoms with Gasteiger partial charge in [0, 0.05) is 71.4 Å². The number of halogens is 1. The van der Waals surface area contributed by atoms with Crippen molar-refractivity contribution in [3.63, 3.8) is 0 Å². The minimum Gasteiger partial charge on any atom is -0.492 e. The van der Waals surface area contributed by atoms with Crippen molar-refractivity contribution in [3.8, 4) is 39.4 Å². The van der Waals surface area contributed by atoms with E-state index in [1.165, 1.54) is 49.8 Å². The number of fused-ring (bicyclic) bond motifs is 2. The van der Waals surface area contributed by atoms with Crippen LogP contribution in [-0.4, -0.2) is 79.3 Å². The van der Waals surface area contributed by atoms with Crippen LogP contribution in [0.3, 0.4) is 0 Å². The van der Waals surface area contributed by atoms with E-state index in [1.54, 1.807) is 12.4 Å². The molecule has 0 aliphatic carbocycles. The Balaban J connectivity index is 1.08. The fourth-order valence-corrected chi connectivity index (χ4v) is 6.88. The summed E-state index contributed by atoms with van der Waals surface area (Å²) in [6, 6.07) is 11.3. The molecule has 2 fully saturated rings. The Morgan fingerprint density at radius 2 is 1.54 bits per heavy atom. The van der Waals surface area contributed by atoms with Gasteiger partial charge in [-0.1, -0.05) is 6.42 Å². The van der Waals surface area contributed by atoms with Crippen LogP contribution in [-0.2, 0) is 6.54 Å². The molecule has 8 rings (SSSR count). The molecule has 46 heavy (non-hydrogen) atoms. The Bertz CT molecular complexity index is 1990. The third-order valence-corrected chi connectivity index (χ3v) is 9.26. The molecule has 0 atom stereocenters. The highest BCUT2D eigenvalue weighted by Crippen LogP contribution is 2.35. The number of nitrogens with one attached hydrogen (secondary N) is 2. The number of likely N-dealkylation sites (tertiary alicyclic amines) is 2. The summed E-state index contributed by atoms with van der Waals surface area (Å²) in [5.74, 6) is 0.182. The van der Waals surface area contributed by atoms with Crippen LogP contribution in [0.5, 0.6) is 5.75 Å². The third kappa shape index (κ3) is 5.98. The lowest BCUT2D eigenvalue weighted by Crippen LogP contribution is -2.29. The van der Waals surface area contributed by atoms with Crippen LogP contribution < -0.4 is 4.74 Å². The number of nitrogens with zero attached hydrogens (tertiary/aromatic N) is 6. The highest BCUT2D eigenvalue weighted by atomic mass is 19.1. The second kappa shape index (κ2) is 12.6. The second-order valence-corrected chi connectivity index (χ2v) is 12.5. The molecule has 0 bridgehead atoms. The summed E-state index contributed by atoms with van der Waals surface area (Å²) in [7, 11) is 0. The minimum atomic E-state index is -0.340. The summed E-state index contributed by atoms with van der Waals surface area (Å²) in [5.41, 5.74) is 7.88. The first-order valence-corrected chi connectivity index (χ1v) is 16.3. The van der Waals surface area contributed by atoms with Crippen molar-refractivity contribution < 1.29 is 9.13 Å². The van der Waals surface area contributed by atoms with E-state index in [4.69, 9.17) is 9.72 Å². The molecule has 6 aromatic rings. The van der Waals surface area contributed by atoms with E-state index in [-0.39, 0.29) is 5.82 Å². The molecule has 0 spiro atoms. The molecule has 5 aromatic heterocycles. The van der Waals surface area contributed by atoms with Crippen molar-refractivity contribution >= 4 is 21.9 Å². The van der Waals surface area contributed by atoms with Gasteiger partial charge in [0.05, 0.1) is 17.4 Å². The molecule has 9 nitrogen and oxygen atoms in total. The Kier molecular flexibility index (Phi) is 7.89. The highest BCUT2D eigenvalue weighted by Gasteiger charge is 2.17. The molecule has 1 aromatic carbocycles. The van der Waals surface area contributed by atoms with E-state index in [0.717, 1.165) is 83.6 Å². The zero-order valence-electron chi connectivity index (χ0n) is 25.8. The number of benzene rings is 1. The van der Waals surface area contributed by atoms with Gasteiger partial charge < -0.3 is 9.72 Å². The monoisotopic (exact) mass is 616 g/mol. The average molecular weight is 617 g/mol. The van der Waals surface area contributed by atoms with Crippen LogP contribution in [0.4, 0.5) is 4.39 Å². The minimum absolute atomic E-state index is 0.340. The van der Waals surface area contributed by atoms with Gasteiger partial charge in [0.25, 0.3) is 0 Å². The van der Waals surface area contributed by atoms with E-state index in [1.807, 2.05) is 30.7 Å². The van der Waals surface area contributed by atoms with E-state index in [0.29, 0.717) is 23.6 Å². The number of H-pyrrole nitrogens is 2. The summed E-state index contributed by atoms with van der Waals surface area (Å²) >= 11 is 0. The van der Waals surface area contributed by atoms with Gasteiger partial charge in [0.1, 0.15) is 23.9 Å². The van der Waals surface area contributed by atoms with E-state index >= 15 is 0 Å². The molecule has 2 aliphatic rings. The van der Waals surface area contributed by atoms with E-state index < -0.39 is 0 Å². The van der Waals surface area contributed by atoms with Crippen LogP contribution in [0.25, 0.3) is 55.6 Å². The third-order valence-electron chi connectivity index (χ3n) is 9.26. The molecule has 2 N–H and O–H groups in total. The molecule has 0 radical (unpaired) electrons. The molecule has 7 heterocycles. The number of hydrogen-bond donors (Lipinski definition) is 2. The molecular formula is C36H37FN8O. The standard InChI is InChI=1S/C36H37FN8O/c37-28-13-25(14-29(16-28)46-11-10-44-6-4-5-7-44)32-21-39-22-34-30(32)17-33(41-34)35-31-15-27(20-40-36(31)43-42-35)26-12-24(18-38-19-26)23-45-8-2-1-3-9-45/h12-22,41H,1-11,23H2,(H,40,42,43). The van der Waals surface area contributed by atoms with Gasteiger partial charge >= 0.3 is 0 Å². The molecule has 0 amide bonds. The topological polar surface area (TPSA) is 98.8 Å². The average Bonchev–Trinajstić information content (AvgIpc) is 3.85. The summed E-state index contributed by atoms with van der Waals surface area (Å²) in [5, 5.41) is 9.56. The quantitative estimate of drug-likeness (QED) is 0.184. The smallest absolute Gasteiger partial charge is 0.155 e. The maximum atomic E-state index is 14.8. The Labute approximate surface area is 266 Å². The predicted octanol–water partition coefficient (Wildman–Crippen LogP) is 6.83. The van der Waals surface area contributed by atoms with Gasteiger partial charge in [-0.2, -0.15) is 5.10 Å². The Morgan fingerprint density at radius 3 is 2.43 bits per heavy atom. The Hall–Kier alpha value is -4.67. The first-order valence-electron chi connectivity index (χ1n) is 16.3. The van der Waals surface area contributed by atoms with Gasteiger partial charge in [0.15, 0.2) is 5.65 Å². The molecule has 234 valence electrons. The van der Waals surface area contributed by atoms with Crippen molar-refractivity contribution in [2.45, 2.75) is 38.6 Å². The van der Waals surface area contributed by atoms with Gasteiger partial charge in [-0.05, 0) is 93.3 Å². The van der Waals surface area contributed by atoms with Gasteiger partial charge in [0.2, 0.25) is 0 Å². The fourth-order valence-electron chi connectivity index (χ4n) is 6.88. The zero-order valence-corrected chi connectivity index (χ0v) is 25.8. The van der Waals surface area contributed by atoms with Crippen LogP contribution in [0.1, 0.15) is 37.7 Å². The number of rotatable bonds is 9. The first-order chi connectivity index (χ1) is 22.7. The lowest BCUT2D eigenvalue weighted by Gasteiger charge is -2.26. The number of aromatic amines is 2. The molecule has 0 unspecified atom stereocenters. The molecular weight excluding hydrogens is 579 g/mol. The van der Waals surface area contributed by atoms with Crippen LogP contribution in [0, 0.1) is 5.82 Å². The summed E-state index contributed by atoms with van der Waals surface area (Å²) in [6.07, 6.45) is 15.6. The second-order valence-electron chi connectivity index (χ2n) is 12.5. The van der Waals surface area contributed by atoms with Gasteiger partial charge in [-0.3, -0.25) is 24.9 Å². The van der Waals surface area contributed by atoms with Crippen molar-refractivity contribution in [2.24, 2.45) is 0 Å². The molecule has 2 saturated heterocycles. The fraction of sp³-hybridized carbons (Fsp3) is 0.333. The molecule has 0 saturated carbocycles. The van der Waals surface area contributed by atoms with Gasteiger partial charge in [-0.15, -0.1) is 0 Å². The van der Waals surface area contributed by atoms with Crippen molar-refractivity contribution in [2.75, 3.05) is 39.3 Å². The number of piperidine rings is 1. The number of ether oxygens (including phenoxy) is 1. The summed E-state index contributed by atoms with van der Waals surface area (Å²) in [4.78, 5) is 22.1. The largest absolute Gasteiger partial charge is 0.492 e. The lowest BCUT2D eigenvalue weighted by molar-refractivity contribution is 0.220. The summed E-state index contributed by atoms with van der Waals surface area (Å²) < 4.78 is 20.8.